The van der Waals surface area contributed by atoms with Gasteiger partial charge in [0, 0.05) is 13.1 Å². The van der Waals surface area contributed by atoms with Gasteiger partial charge in [0.1, 0.15) is 6.42 Å². The van der Waals surface area contributed by atoms with E-state index in [1.165, 1.54) is 5.56 Å². The number of carbonyl (C=O) groups excluding carboxylic acids is 2. The maximum Gasteiger partial charge on any atom is 0.231 e. The number of amides is 2. The zero-order valence-electron chi connectivity index (χ0n) is 14.5. The summed E-state index contributed by atoms with van der Waals surface area (Å²) in [4.78, 5) is 23.7. The quantitative estimate of drug-likeness (QED) is 0.563. The molecule has 0 saturated heterocycles. The van der Waals surface area contributed by atoms with Crippen LogP contribution in [-0.2, 0) is 22.6 Å². The Hall–Kier alpha value is -3.02. The van der Waals surface area contributed by atoms with E-state index >= 15 is 0 Å². The summed E-state index contributed by atoms with van der Waals surface area (Å²) in [5.41, 5.74) is 2.13. The zero-order chi connectivity index (χ0) is 18.2. The minimum absolute atomic E-state index is 0.171. The molecule has 1 aliphatic heterocycles. The minimum Gasteiger partial charge on any atom is -0.454 e. The number of carbonyl (C=O) groups is 2. The molecule has 0 aromatic heterocycles. The molecule has 0 unspecified atom stereocenters. The number of benzene rings is 2. The molecule has 2 amide bonds. The van der Waals surface area contributed by atoms with Gasteiger partial charge in [0.05, 0.1) is 0 Å². The molecule has 26 heavy (non-hydrogen) atoms. The fourth-order valence-corrected chi connectivity index (χ4v) is 2.69. The Morgan fingerprint density at radius 1 is 0.885 bits per heavy atom. The summed E-state index contributed by atoms with van der Waals surface area (Å²) < 4.78 is 10.5. The molecule has 6 nitrogen and oxygen atoms in total. The van der Waals surface area contributed by atoms with Crippen LogP contribution in [-0.4, -0.2) is 25.2 Å². The van der Waals surface area contributed by atoms with Crippen LogP contribution in [0.4, 0.5) is 0 Å². The highest BCUT2D eigenvalue weighted by Gasteiger charge is 2.14. The van der Waals surface area contributed by atoms with Crippen LogP contribution >= 0.6 is 0 Å². The molecule has 1 aliphatic rings. The lowest BCUT2D eigenvalue weighted by molar-refractivity contribution is -0.129. The number of hydrogen-bond acceptors (Lipinski definition) is 4. The average Bonchev–Trinajstić information content (AvgIpc) is 3.12. The van der Waals surface area contributed by atoms with Gasteiger partial charge < -0.3 is 20.1 Å². The van der Waals surface area contributed by atoms with Gasteiger partial charge >= 0.3 is 0 Å². The van der Waals surface area contributed by atoms with Gasteiger partial charge in [-0.25, -0.2) is 0 Å². The summed E-state index contributed by atoms with van der Waals surface area (Å²) in [6.07, 6.45) is 1.57. The second-order valence-corrected chi connectivity index (χ2v) is 6.08. The van der Waals surface area contributed by atoms with Crippen molar-refractivity contribution in [2.45, 2.75) is 25.8 Å². The summed E-state index contributed by atoms with van der Waals surface area (Å²) in [6.45, 7) is 1.12. The van der Waals surface area contributed by atoms with Crippen molar-refractivity contribution >= 4 is 11.8 Å². The van der Waals surface area contributed by atoms with Crippen molar-refractivity contribution < 1.29 is 19.1 Å². The van der Waals surface area contributed by atoms with Gasteiger partial charge in [-0.15, -0.1) is 0 Å². The lowest BCUT2D eigenvalue weighted by Gasteiger charge is -2.07. The molecule has 1 heterocycles. The summed E-state index contributed by atoms with van der Waals surface area (Å²) in [5.74, 6) is 0.812. The topological polar surface area (TPSA) is 76.7 Å². The maximum absolute atomic E-state index is 11.9. The first kappa shape index (κ1) is 17.8. The van der Waals surface area contributed by atoms with Gasteiger partial charge in [0.2, 0.25) is 18.6 Å². The third-order valence-corrected chi connectivity index (χ3v) is 4.05. The fourth-order valence-electron chi connectivity index (χ4n) is 2.69. The van der Waals surface area contributed by atoms with Crippen molar-refractivity contribution in [3.8, 4) is 11.5 Å². The molecule has 0 aliphatic carbocycles. The number of aryl methyl sites for hydroxylation is 1. The highest BCUT2D eigenvalue weighted by atomic mass is 16.7. The standard InChI is InChI=1S/C20H22N2O4/c23-19(21-10-4-7-15-5-2-1-3-6-15)12-20(24)22-13-16-8-9-17-18(11-16)26-14-25-17/h1-3,5-6,8-9,11H,4,7,10,12-14H2,(H,21,23)(H,22,24). The van der Waals surface area contributed by atoms with Crippen LogP contribution in [0.5, 0.6) is 11.5 Å². The van der Waals surface area contributed by atoms with Gasteiger partial charge in [0.25, 0.3) is 0 Å². The van der Waals surface area contributed by atoms with E-state index in [1.807, 2.05) is 36.4 Å². The van der Waals surface area contributed by atoms with Crippen LogP contribution in [0, 0.1) is 0 Å². The van der Waals surface area contributed by atoms with Crippen LogP contribution in [0.3, 0.4) is 0 Å². The smallest absolute Gasteiger partial charge is 0.231 e. The molecule has 2 aromatic rings. The Kier molecular flexibility index (Phi) is 6.09. The first-order valence-corrected chi connectivity index (χ1v) is 8.66. The van der Waals surface area contributed by atoms with Crippen molar-refractivity contribution in [2.24, 2.45) is 0 Å². The number of ether oxygens (including phenoxy) is 2. The van der Waals surface area contributed by atoms with E-state index < -0.39 is 0 Å². The molecular weight excluding hydrogens is 332 g/mol. The van der Waals surface area contributed by atoms with Crippen LogP contribution in [0.1, 0.15) is 24.0 Å². The lowest BCUT2D eigenvalue weighted by atomic mass is 10.1. The Bertz CT molecular complexity index is 762. The van der Waals surface area contributed by atoms with Gasteiger partial charge in [-0.2, -0.15) is 0 Å². The molecule has 6 heteroatoms. The number of rotatable bonds is 8. The minimum atomic E-state index is -0.303. The van der Waals surface area contributed by atoms with Crippen LogP contribution < -0.4 is 20.1 Å². The summed E-state index contributed by atoms with van der Waals surface area (Å²) >= 11 is 0. The molecule has 0 atom stereocenters. The van der Waals surface area contributed by atoms with Crippen molar-refractivity contribution in [1.29, 1.82) is 0 Å². The SMILES string of the molecule is O=C(CC(=O)NCc1ccc2c(c1)OCO2)NCCCc1ccccc1. The Morgan fingerprint density at radius 2 is 1.65 bits per heavy atom. The second-order valence-electron chi connectivity index (χ2n) is 6.08. The first-order valence-electron chi connectivity index (χ1n) is 8.66. The first-order chi connectivity index (χ1) is 12.7. The zero-order valence-corrected chi connectivity index (χ0v) is 14.5. The van der Waals surface area contributed by atoms with Crippen LogP contribution in [0.25, 0.3) is 0 Å². The van der Waals surface area contributed by atoms with Crippen molar-refractivity contribution in [3.63, 3.8) is 0 Å². The molecule has 0 spiro atoms. The molecule has 0 saturated carbocycles. The monoisotopic (exact) mass is 354 g/mol. The van der Waals surface area contributed by atoms with Crippen molar-refractivity contribution in [1.82, 2.24) is 10.6 Å². The molecule has 2 aromatic carbocycles. The van der Waals surface area contributed by atoms with E-state index in [9.17, 15) is 9.59 Å². The molecule has 0 fully saturated rings. The van der Waals surface area contributed by atoms with E-state index in [1.54, 1.807) is 0 Å². The lowest BCUT2D eigenvalue weighted by Crippen LogP contribution is -2.32. The normalized spacial score (nSPS) is 11.8. The molecular formula is C20H22N2O4. The van der Waals surface area contributed by atoms with Crippen molar-refractivity contribution in [2.75, 3.05) is 13.3 Å². The van der Waals surface area contributed by atoms with Gasteiger partial charge in [-0.1, -0.05) is 36.4 Å². The maximum atomic E-state index is 11.9. The summed E-state index contributed by atoms with van der Waals surface area (Å²) in [7, 11) is 0. The van der Waals surface area contributed by atoms with Crippen molar-refractivity contribution in [3.05, 3.63) is 59.7 Å². The highest BCUT2D eigenvalue weighted by Crippen LogP contribution is 2.32. The Morgan fingerprint density at radius 3 is 2.50 bits per heavy atom. The predicted octanol–water partition coefficient (Wildman–Crippen LogP) is 2.17. The van der Waals surface area contributed by atoms with E-state index in [2.05, 4.69) is 22.8 Å². The second kappa shape index (κ2) is 8.89. The molecule has 136 valence electrons. The van der Waals surface area contributed by atoms with E-state index in [0.717, 1.165) is 18.4 Å². The Balaban J connectivity index is 1.32. The summed E-state index contributed by atoms with van der Waals surface area (Å²) in [6, 6.07) is 15.6. The van der Waals surface area contributed by atoms with Gasteiger partial charge in [-0.05, 0) is 36.1 Å². The molecule has 2 N–H and O–H groups in total. The van der Waals surface area contributed by atoms with Crippen LogP contribution in [0.2, 0.25) is 0 Å². The molecule has 3 rings (SSSR count). The van der Waals surface area contributed by atoms with E-state index in [4.69, 9.17) is 9.47 Å². The third-order valence-electron chi connectivity index (χ3n) is 4.05. The number of fused-ring (bicyclic) bond motifs is 1. The number of nitrogens with one attached hydrogen (secondary N) is 2. The van der Waals surface area contributed by atoms with Gasteiger partial charge in [0.15, 0.2) is 11.5 Å². The molecule has 0 bridgehead atoms. The molecule has 0 radical (unpaired) electrons. The fraction of sp³-hybridized carbons (Fsp3) is 0.300. The largest absolute Gasteiger partial charge is 0.454 e. The van der Waals surface area contributed by atoms with Gasteiger partial charge in [-0.3, -0.25) is 9.59 Å². The predicted molar refractivity (Wildman–Crippen MR) is 96.8 cm³/mol. The summed E-state index contributed by atoms with van der Waals surface area (Å²) in [5, 5.41) is 5.52. The van der Waals surface area contributed by atoms with E-state index in [0.29, 0.717) is 24.6 Å². The van der Waals surface area contributed by atoms with Crippen LogP contribution in [0.15, 0.2) is 48.5 Å². The van der Waals surface area contributed by atoms with E-state index in [-0.39, 0.29) is 25.0 Å². The number of hydrogen-bond donors (Lipinski definition) is 2. The third kappa shape index (κ3) is 5.24. The Labute approximate surface area is 152 Å². The highest BCUT2D eigenvalue weighted by molar-refractivity contribution is 5.96. The average molecular weight is 354 g/mol.